The van der Waals surface area contributed by atoms with E-state index in [1.807, 2.05) is 33.1 Å². The summed E-state index contributed by atoms with van der Waals surface area (Å²) in [6, 6.07) is 0.172. The Bertz CT molecular complexity index is 1820. The van der Waals surface area contributed by atoms with Crippen molar-refractivity contribution in [3.63, 3.8) is 0 Å². The molecule has 0 radical (unpaired) electrons. The fourth-order valence-electron chi connectivity index (χ4n) is 13.9. The van der Waals surface area contributed by atoms with E-state index in [4.69, 9.17) is 0 Å². The molecule has 0 bridgehead atoms. The highest BCUT2D eigenvalue weighted by Crippen LogP contribution is 2.48. The van der Waals surface area contributed by atoms with Gasteiger partial charge in [0.15, 0.2) is 9.84 Å². The molecule has 12 aliphatic rings. The molecule has 0 aromatic heterocycles. The molecule has 15 atom stereocenters. The van der Waals surface area contributed by atoms with Gasteiger partial charge in [0.25, 0.3) is 0 Å². The molecule has 0 aromatic rings. The molecule has 0 aromatic carbocycles. The molecule has 8 aliphatic heterocycles. The van der Waals surface area contributed by atoms with Gasteiger partial charge in [-0.1, -0.05) is 6.42 Å². The normalized spacial score (nSPS) is 39.7. The quantitative estimate of drug-likeness (QED) is 0.212. The number of hydrogen-bond acceptors (Lipinski definition) is 13. The van der Waals surface area contributed by atoms with Crippen molar-refractivity contribution in [2.75, 3.05) is 121 Å². The molecule has 8 saturated heterocycles. The molecule has 0 spiro atoms. The Morgan fingerprint density at radius 3 is 1.26 bits per heavy atom. The first-order chi connectivity index (χ1) is 35.3. The predicted molar refractivity (Wildman–Crippen MR) is 300 cm³/mol. The standard InChI is InChI=1S/3C14H24N2OS.C13H22N2O3S/c1-15-13-7-11-6-12(11)9-16(14(13)17)8-10-2-4-18-5-3-10;1-15-13-6-11-5-12(11)8-16(14(13)17)7-10-3-2-4-18-9-10;1-15-13-7-10-6-11(10)8-16(14(13)17)9-12-4-2-3-5-18-12;1-14-12-5-10-4-11(10)7-15(13(12)16)6-9-2-3-19(17,18)8-9/h3*10-13,15H,2-9H2,1H3;9-12,14H,2-8H2,1H3. The van der Waals surface area contributed by atoms with Gasteiger partial charge in [-0.25, -0.2) is 8.42 Å². The molecule has 4 aliphatic carbocycles. The molecule has 4 saturated carbocycles. The number of likely N-dealkylation sites (N-methyl/N-ethyl adjacent to an activating group) is 4. The molecule has 12 rings (SSSR count). The van der Waals surface area contributed by atoms with Crippen molar-refractivity contribution in [1.82, 2.24) is 40.9 Å². The van der Waals surface area contributed by atoms with Crippen LogP contribution >= 0.6 is 35.3 Å². The molecule has 4 amide bonds. The average molecular weight is 1090 g/mol. The minimum absolute atomic E-state index is 0.0736. The first-order valence-electron chi connectivity index (χ1n) is 29.1. The molecule has 14 nitrogen and oxygen atoms in total. The SMILES string of the molecule is CNC1CC2CC2CN(CC2CCCCS2)C1=O.CNC1CC2CC2CN(CC2CCCSC2)C1=O.CNC1CC2CC2CN(CC2CCS(=O)(=O)C2)C1=O.CNC1CC2CC2CN(CC2CCSCC2)C1=O. The number of amides is 4. The van der Waals surface area contributed by atoms with Crippen LogP contribution in [0.4, 0.5) is 0 Å². The van der Waals surface area contributed by atoms with Crippen LogP contribution in [0.1, 0.15) is 103 Å². The summed E-state index contributed by atoms with van der Waals surface area (Å²) >= 11 is 6.20. The van der Waals surface area contributed by atoms with Gasteiger partial charge in [-0.05, 0) is 218 Å². The summed E-state index contributed by atoms with van der Waals surface area (Å²) in [7, 11) is 4.78. The maximum absolute atomic E-state index is 12.5. The summed E-state index contributed by atoms with van der Waals surface area (Å²) in [6.45, 7) is 7.56. The molecule has 12 fully saturated rings. The minimum atomic E-state index is -2.85. The summed E-state index contributed by atoms with van der Waals surface area (Å²) in [4.78, 5) is 58.3. The van der Waals surface area contributed by atoms with Crippen LogP contribution in [0.25, 0.3) is 0 Å². The molecule has 8 heterocycles. The van der Waals surface area contributed by atoms with E-state index >= 15 is 0 Å². The molecule has 73 heavy (non-hydrogen) atoms. The molecule has 18 heteroatoms. The van der Waals surface area contributed by atoms with Crippen LogP contribution in [0.2, 0.25) is 0 Å². The zero-order valence-corrected chi connectivity index (χ0v) is 48.3. The number of likely N-dealkylation sites (tertiary alicyclic amines) is 4. The van der Waals surface area contributed by atoms with E-state index in [2.05, 4.69) is 71.3 Å². The third-order valence-electron chi connectivity index (χ3n) is 19.1. The number of nitrogens with one attached hydrogen (secondary N) is 4. The predicted octanol–water partition coefficient (Wildman–Crippen LogP) is 4.78. The van der Waals surface area contributed by atoms with Crippen molar-refractivity contribution in [3.05, 3.63) is 0 Å². The van der Waals surface area contributed by atoms with Crippen molar-refractivity contribution in [2.45, 2.75) is 132 Å². The first-order valence-corrected chi connectivity index (χ1v) is 34.3. The zero-order chi connectivity index (χ0) is 51.2. The lowest BCUT2D eigenvalue weighted by Gasteiger charge is -2.31. The van der Waals surface area contributed by atoms with E-state index in [9.17, 15) is 27.6 Å². The number of fused-ring (bicyclic) bond motifs is 4. The first kappa shape index (κ1) is 56.4. The van der Waals surface area contributed by atoms with Crippen molar-refractivity contribution in [3.8, 4) is 0 Å². The van der Waals surface area contributed by atoms with Crippen LogP contribution in [-0.2, 0) is 29.0 Å². The molecule has 15 unspecified atom stereocenters. The lowest BCUT2D eigenvalue weighted by molar-refractivity contribution is -0.134. The fraction of sp³-hybridized carbons (Fsp3) is 0.927. The Morgan fingerprint density at radius 2 is 0.877 bits per heavy atom. The van der Waals surface area contributed by atoms with Crippen LogP contribution in [0.3, 0.4) is 0 Å². The van der Waals surface area contributed by atoms with Gasteiger partial charge in [-0.15, -0.1) is 0 Å². The Hall–Kier alpha value is -1.28. The number of hydrogen-bond donors (Lipinski definition) is 4. The smallest absolute Gasteiger partial charge is 0.239 e. The third-order valence-corrected chi connectivity index (χ3v) is 24.7. The van der Waals surface area contributed by atoms with Crippen LogP contribution in [0, 0.1) is 65.1 Å². The highest BCUT2D eigenvalue weighted by molar-refractivity contribution is 8.00. The van der Waals surface area contributed by atoms with E-state index in [0.717, 1.165) is 119 Å². The van der Waals surface area contributed by atoms with Crippen molar-refractivity contribution in [1.29, 1.82) is 0 Å². The molecular formula is C55H94N8O6S4. The second-order valence-corrected chi connectivity index (χ2v) is 30.7. The van der Waals surface area contributed by atoms with E-state index in [1.165, 1.54) is 99.4 Å². The van der Waals surface area contributed by atoms with Crippen LogP contribution in [0.5, 0.6) is 0 Å². The molecular weight excluding hydrogens is 997 g/mol. The summed E-state index contributed by atoms with van der Waals surface area (Å²) in [5, 5.41) is 13.5. The number of carbonyl (C=O) groups is 4. The topological polar surface area (TPSA) is 164 Å². The fourth-order valence-corrected chi connectivity index (χ4v) is 19.4. The Balaban J connectivity index is 0.000000120. The maximum Gasteiger partial charge on any atom is 0.239 e. The van der Waals surface area contributed by atoms with Gasteiger partial charge in [-0.3, -0.25) is 19.2 Å². The van der Waals surface area contributed by atoms with Crippen molar-refractivity contribution >= 4 is 68.8 Å². The van der Waals surface area contributed by atoms with Crippen LogP contribution < -0.4 is 21.3 Å². The lowest BCUT2D eigenvalue weighted by atomic mass is 10.0. The summed E-state index contributed by atoms with van der Waals surface area (Å²) in [5.41, 5.74) is 0. The highest BCUT2D eigenvalue weighted by atomic mass is 32.2. The van der Waals surface area contributed by atoms with Gasteiger partial charge in [-0.2, -0.15) is 35.3 Å². The van der Waals surface area contributed by atoms with Crippen molar-refractivity contribution < 1.29 is 27.6 Å². The number of sulfone groups is 1. The van der Waals surface area contributed by atoms with Gasteiger partial charge in [0.05, 0.1) is 35.7 Å². The Kier molecular flexibility index (Phi) is 20.2. The third kappa shape index (κ3) is 15.7. The van der Waals surface area contributed by atoms with Gasteiger partial charge >= 0.3 is 0 Å². The summed E-state index contributed by atoms with van der Waals surface area (Å²) in [6.07, 6.45) is 19.4. The van der Waals surface area contributed by atoms with E-state index in [0.29, 0.717) is 53.5 Å². The largest absolute Gasteiger partial charge is 0.341 e. The minimum Gasteiger partial charge on any atom is -0.341 e. The lowest BCUT2D eigenvalue weighted by Crippen LogP contribution is -2.47. The highest BCUT2D eigenvalue weighted by Gasteiger charge is 2.49. The van der Waals surface area contributed by atoms with Crippen LogP contribution in [-0.4, -0.2) is 202 Å². The number of thioether (sulfide) groups is 3. The monoisotopic (exact) mass is 1090 g/mol. The van der Waals surface area contributed by atoms with Gasteiger partial charge < -0.3 is 40.9 Å². The summed E-state index contributed by atoms with van der Waals surface area (Å²) < 4.78 is 23.0. The Morgan fingerprint density at radius 1 is 0.438 bits per heavy atom. The second-order valence-electron chi connectivity index (χ2n) is 24.7. The zero-order valence-electron chi connectivity index (χ0n) is 45.0. The number of rotatable bonds is 12. The van der Waals surface area contributed by atoms with E-state index < -0.39 is 9.84 Å². The Labute approximate surface area is 452 Å². The van der Waals surface area contributed by atoms with Crippen LogP contribution in [0.15, 0.2) is 0 Å². The van der Waals surface area contributed by atoms with E-state index in [1.54, 1.807) is 0 Å². The van der Waals surface area contributed by atoms with Gasteiger partial charge in [0, 0.05) is 57.6 Å². The number of carbonyl (C=O) groups excluding carboxylic acids is 4. The average Bonchev–Trinajstić information content (AvgIpc) is 4.24. The summed E-state index contributed by atoms with van der Waals surface area (Å²) in [5.74, 6) is 16.1. The molecule has 414 valence electrons. The second kappa shape index (κ2) is 26.1. The van der Waals surface area contributed by atoms with Gasteiger partial charge in [0.1, 0.15) is 0 Å². The maximum atomic E-state index is 12.5. The van der Waals surface area contributed by atoms with E-state index in [-0.39, 0.29) is 41.7 Å². The van der Waals surface area contributed by atoms with Crippen molar-refractivity contribution in [2.24, 2.45) is 65.1 Å². The number of nitrogens with zero attached hydrogens (tertiary/aromatic N) is 4. The molecule has 4 N–H and O–H groups in total. The van der Waals surface area contributed by atoms with Gasteiger partial charge in [0.2, 0.25) is 23.6 Å².